The van der Waals surface area contributed by atoms with E-state index >= 15 is 0 Å². The Hall–Kier alpha value is -3.02. The maximum atomic E-state index is 13.1. The smallest absolute Gasteiger partial charge is 0.333 e. The van der Waals surface area contributed by atoms with Crippen LogP contribution in [0.3, 0.4) is 0 Å². The van der Waals surface area contributed by atoms with Crippen molar-refractivity contribution in [3.05, 3.63) is 59.2 Å². The highest BCUT2D eigenvalue weighted by molar-refractivity contribution is 5.90. The van der Waals surface area contributed by atoms with Gasteiger partial charge >= 0.3 is 5.97 Å². The molecule has 0 saturated heterocycles. The standard InChI is InChI=1S/C22H25NO5/c1-14-12-17(26-3)16-10-11-22(2,28-18(16)13-14)21(25)23-19(20(24)27-4)15-8-6-5-7-9-15/h5-9,12-13,19H,10-11H2,1-4H3,(H,23,25)/t19-,22+/m0/s1. The van der Waals surface area contributed by atoms with Crippen LogP contribution >= 0.6 is 0 Å². The Labute approximate surface area is 164 Å². The molecule has 3 rings (SSSR count). The second-order valence-corrected chi connectivity index (χ2v) is 7.12. The molecule has 1 N–H and O–H groups in total. The normalized spacial score (nSPS) is 19.0. The van der Waals surface area contributed by atoms with Crippen molar-refractivity contribution in [3.63, 3.8) is 0 Å². The van der Waals surface area contributed by atoms with Crippen molar-refractivity contribution >= 4 is 11.9 Å². The molecular formula is C22H25NO5. The van der Waals surface area contributed by atoms with Gasteiger partial charge in [0.15, 0.2) is 11.6 Å². The third-order valence-corrected chi connectivity index (χ3v) is 5.05. The van der Waals surface area contributed by atoms with Crippen LogP contribution in [0.1, 0.15) is 36.1 Å². The van der Waals surface area contributed by atoms with E-state index in [2.05, 4.69) is 5.32 Å². The highest BCUT2D eigenvalue weighted by Gasteiger charge is 2.41. The SMILES string of the molecule is COC(=O)[C@@H](NC(=O)[C@@]1(C)CCc2c(OC)cc(C)cc2O1)c1ccccc1. The molecular weight excluding hydrogens is 358 g/mol. The summed E-state index contributed by atoms with van der Waals surface area (Å²) in [6.45, 7) is 3.68. The predicted molar refractivity (Wildman–Crippen MR) is 104 cm³/mol. The van der Waals surface area contributed by atoms with Crippen molar-refractivity contribution in [2.45, 2.75) is 38.3 Å². The first-order valence-electron chi connectivity index (χ1n) is 9.18. The van der Waals surface area contributed by atoms with Gasteiger partial charge in [-0.2, -0.15) is 0 Å². The number of methoxy groups -OCH3 is 2. The minimum absolute atomic E-state index is 0.363. The summed E-state index contributed by atoms with van der Waals surface area (Å²) in [6, 6.07) is 12.0. The van der Waals surface area contributed by atoms with E-state index in [0.717, 1.165) is 16.9 Å². The molecule has 6 heteroatoms. The van der Waals surface area contributed by atoms with E-state index in [0.29, 0.717) is 24.2 Å². The summed E-state index contributed by atoms with van der Waals surface area (Å²) in [5.74, 6) is 0.499. The molecule has 2 aromatic rings. The molecule has 0 bridgehead atoms. The van der Waals surface area contributed by atoms with Crippen LogP contribution in [0.25, 0.3) is 0 Å². The van der Waals surface area contributed by atoms with Gasteiger partial charge < -0.3 is 19.5 Å². The van der Waals surface area contributed by atoms with Crippen LogP contribution in [-0.2, 0) is 20.7 Å². The Morgan fingerprint density at radius 2 is 1.89 bits per heavy atom. The molecule has 0 aliphatic carbocycles. The van der Waals surface area contributed by atoms with Crippen molar-refractivity contribution in [2.24, 2.45) is 0 Å². The van der Waals surface area contributed by atoms with Crippen molar-refractivity contribution in [1.82, 2.24) is 5.32 Å². The Morgan fingerprint density at radius 1 is 1.18 bits per heavy atom. The molecule has 28 heavy (non-hydrogen) atoms. The molecule has 1 amide bonds. The third-order valence-electron chi connectivity index (χ3n) is 5.05. The fraction of sp³-hybridized carbons (Fsp3) is 0.364. The van der Waals surface area contributed by atoms with E-state index < -0.39 is 17.6 Å². The lowest BCUT2D eigenvalue weighted by atomic mass is 9.90. The number of hydrogen-bond acceptors (Lipinski definition) is 5. The van der Waals surface area contributed by atoms with Gasteiger partial charge in [-0.3, -0.25) is 4.79 Å². The number of aryl methyl sites for hydroxylation is 1. The first-order valence-corrected chi connectivity index (χ1v) is 9.18. The van der Waals surface area contributed by atoms with Crippen molar-refractivity contribution < 1.29 is 23.8 Å². The number of carbonyl (C=O) groups is 2. The van der Waals surface area contributed by atoms with E-state index in [-0.39, 0.29) is 5.91 Å². The number of benzene rings is 2. The number of nitrogens with one attached hydrogen (secondary N) is 1. The van der Waals surface area contributed by atoms with E-state index in [1.54, 1.807) is 26.2 Å². The zero-order valence-electron chi connectivity index (χ0n) is 16.6. The predicted octanol–water partition coefficient (Wildman–Crippen LogP) is 3.12. The molecule has 1 aliphatic heterocycles. The quantitative estimate of drug-likeness (QED) is 0.803. The average molecular weight is 383 g/mol. The number of amides is 1. The number of ether oxygens (including phenoxy) is 3. The van der Waals surface area contributed by atoms with E-state index in [1.165, 1.54) is 7.11 Å². The summed E-state index contributed by atoms with van der Waals surface area (Å²) in [4.78, 5) is 25.4. The highest BCUT2D eigenvalue weighted by Crippen LogP contribution is 2.39. The lowest BCUT2D eigenvalue weighted by Crippen LogP contribution is -2.52. The van der Waals surface area contributed by atoms with Crippen LogP contribution in [0.2, 0.25) is 0 Å². The maximum absolute atomic E-state index is 13.1. The summed E-state index contributed by atoms with van der Waals surface area (Å²) in [6.07, 6.45) is 1.10. The van der Waals surface area contributed by atoms with Crippen molar-refractivity contribution in [2.75, 3.05) is 14.2 Å². The molecule has 148 valence electrons. The van der Waals surface area contributed by atoms with Gasteiger partial charge in [-0.05, 0) is 43.5 Å². The zero-order valence-corrected chi connectivity index (χ0v) is 16.6. The Balaban J connectivity index is 1.85. The molecule has 0 fully saturated rings. The van der Waals surface area contributed by atoms with Gasteiger partial charge in [-0.25, -0.2) is 4.79 Å². The minimum Gasteiger partial charge on any atom is -0.496 e. The molecule has 2 atom stereocenters. The van der Waals surface area contributed by atoms with Crippen molar-refractivity contribution in [3.8, 4) is 11.5 Å². The van der Waals surface area contributed by atoms with Crippen LogP contribution in [0.15, 0.2) is 42.5 Å². The number of hydrogen-bond donors (Lipinski definition) is 1. The monoisotopic (exact) mass is 383 g/mol. The number of esters is 1. The Kier molecular flexibility index (Phi) is 5.58. The first kappa shape index (κ1) is 19.7. The summed E-state index contributed by atoms with van der Waals surface area (Å²) >= 11 is 0. The molecule has 0 spiro atoms. The fourth-order valence-electron chi connectivity index (χ4n) is 3.41. The van der Waals surface area contributed by atoms with E-state index in [1.807, 2.05) is 37.3 Å². The summed E-state index contributed by atoms with van der Waals surface area (Å²) in [5.41, 5.74) is 1.48. The van der Waals surface area contributed by atoms with Gasteiger partial charge in [0.1, 0.15) is 11.5 Å². The zero-order chi connectivity index (χ0) is 20.3. The molecule has 0 aromatic heterocycles. The van der Waals surface area contributed by atoms with Gasteiger partial charge in [-0.1, -0.05) is 30.3 Å². The molecule has 6 nitrogen and oxygen atoms in total. The van der Waals surface area contributed by atoms with Gasteiger partial charge in [0.25, 0.3) is 5.91 Å². The van der Waals surface area contributed by atoms with Crippen LogP contribution in [0.4, 0.5) is 0 Å². The summed E-state index contributed by atoms with van der Waals surface area (Å²) in [7, 11) is 2.92. The largest absolute Gasteiger partial charge is 0.496 e. The number of rotatable bonds is 5. The molecule has 0 saturated carbocycles. The third kappa shape index (κ3) is 3.81. The van der Waals surface area contributed by atoms with Gasteiger partial charge in [0, 0.05) is 12.0 Å². The lowest BCUT2D eigenvalue weighted by molar-refractivity contribution is -0.148. The summed E-state index contributed by atoms with van der Waals surface area (Å²) in [5, 5.41) is 2.80. The lowest BCUT2D eigenvalue weighted by Gasteiger charge is -2.36. The van der Waals surface area contributed by atoms with Crippen LogP contribution < -0.4 is 14.8 Å². The Bertz CT molecular complexity index is 880. The molecule has 2 aromatic carbocycles. The van der Waals surface area contributed by atoms with Crippen molar-refractivity contribution in [1.29, 1.82) is 0 Å². The fourth-order valence-corrected chi connectivity index (χ4v) is 3.41. The maximum Gasteiger partial charge on any atom is 0.333 e. The molecule has 0 radical (unpaired) electrons. The first-order chi connectivity index (χ1) is 13.4. The van der Waals surface area contributed by atoms with Crippen LogP contribution in [-0.4, -0.2) is 31.7 Å². The van der Waals surface area contributed by atoms with Crippen LogP contribution in [0.5, 0.6) is 11.5 Å². The molecule has 1 heterocycles. The van der Waals surface area contributed by atoms with Gasteiger partial charge in [0.05, 0.1) is 14.2 Å². The van der Waals surface area contributed by atoms with Gasteiger partial charge in [-0.15, -0.1) is 0 Å². The van der Waals surface area contributed by atoms with E-state index in [4.69, 9.17) is 14.2 Å². The molecule has 0 unspecified atom stereocenters. The van der Waals surface area contributed by atoms with Crippen LogP contribution in [0, 0.1) is 6.92 Å². The minimum atomic E-state index is -1.10. The number of fused-ring (bicyclic) bond motifs is 1. The average Bonchev–Trinajstić information content (AvgIpc) is 2.70. The number of carbonyl (C=O) groups excluding carboxylic acids is 2. The topological polar surface area (TPSA) is 73.9 Å². The van der Waals surface area contributed by atoms with Gasteiger partial charge in [0.2, 0.25) is 0 Å². The molecule has 1 aliphatic rings. The second kappa shape index (κ2) is 7.92. The second-order valence-electron chi connectivity index (χ2n) is 7.12. The Morgan fingerprint density at radius 3 is 2.54 bits per heavy atom. The highest BCUT2D eigenvalue weighted by atomic mass is 16.5. The van der Waals surface area contributed by atoms with E-state index in [9.17, 15) is 9.59 Å². The summed E-state index contributed by atoms with van der Waals surface area (Å²) < 4.78 is 16.4.